The molecular formula is C28H23N5O2. The van der Waals surface area contributed by atoms with Gasteiger partial charge in [-0.25, -0.2) is 14.8 Å². The van der Waals surface area contributed by atoms with Crippen molar-refractivity contribution in [3.05, 3.63) is 119 Å². The molecule has 172 valence electrons. The van der Waals surface area contributed by atoms with Crippen LogP contribution in [0.2, 0.25) is 0 Å². The number of benzene rings is 3. The molecule has 7 nitrogen and oxygen atoms in total. The highest BCUT2D eigenvalue weighted by atomic mass is 16.2. The van der Waals surface area contributed by atoms with Gasteiger partial charge in [-0.05, 0) is 53.9 Å². The average Bonchev–Trinajstić information content (AvgIpc) is 2.88. The summed E-state index contributed by atoms with van der Waals surface area (Å²) in [4.78, 5) is 34.3. The van der Waals surface area contributed by atoms with Gasteiger partial charge >= 0.3 is 6.03 Å². The Labute approximate surface area is 202 Å². The van der Waals surface area contributed by atoms with Crippen molar-refractivity contribution in [2.75, 3.05) is 10.6 Å². The minimum Gasteiger partial charge on any atom is -0.307 e. The summed E-state index contributed by atoms with van der Waals surface area (Å²) < 4.78 is 1.61. The molecule has 0 bridgehead atoms. The second-order valence-corrected chi connectivity index (χ2v) is 8.22. The number of amides is 2. The summed E-state index contributed by atoms with van der Waals surface area (Å²) in [5, 5.41) is 6.10. The number of rotatable bonds is 5. The zero-order chi connectivity index (χ0) is 24.2. The number of nitrogens with one attached hydrogen (secondary N) is 2. The van der Waals surface area contributed by atoms with Crippen molar-refractivity contribution in [2.24, 2.45) is 0 Å². The molecule has 35 heavy (non-hydrogen) atoms. The number of nitrogens with zero attached hydrogens (tertiary/aromatic N) is 3. The molecule has 2 aromatic heterocycles. The molecule has 0 aliphatic carbocycles. The predicted octanol–water partition coefficient (Wildman–Crippen LogP) is 5.46. The van der Waals surface area contributed by atoms with Crippen LogP contribution in [0.3, 0.4) is 0 Å². The van der Waals surface area contributed by atoms with Crippen molar-refractivity contribution in [2.45, 2.75) is 13.5 Å². The summed E-state index contributed by atoms with van der Waals surface area (Å²) >= 11 is 0. The zero-order valence-corrected chi connectivity index (χ0v) is 19.1. The molecule has 5 aromatic rings. The molecular weight excluding hydrogens is 438 g/mol. The minimum absolute atomic E-state index is 0.0974. The number of aryl methyl sites for hydroxylation is 1. The lowest BCUT2D eigenvalue weighted by Gasteiger charge is -2.10. The molecule has 2 amide bonds. The third-order valence-electron chi connectivity index (χ3n) is 5.75. The maximum absolute atomic E-state index is 13.1. The molecule has 7 heteroatoms. The number of para-hydroxylation sites is 1. The van der Waals surface area contributed by atoms with E-state index in [-0.39, 0.29) is 11.6 Å². The number of carbonyl (C=O) groups excluding carboxylic acids is 1. The third kappa shape index (κ3) is 4.94. The first-order valence-electron chi connectivity index (χ1n) is 11.2. The maximum Gasteiger partial charge on any atom is 0.324 e. The SMILES string of the molecule is Cc1ccccc1NC(=O)Nc1ccc(-c2ccc3ncn(Cc4ccccc4)c(=O)c3c2)cn1. The van der Waals surface area contributed by atoms with Crippen molar-refractivity contribution in [1.82, 2.24) is 14.5 Å². The van der Waals surface area contributed by atoms with E-state index in [2.05, 4.69) is 20.6 Å². The van der Waals surface area contributed by atoms with Gasteiger partial charge in [0.15, 0.2) is 0 Å². The predicted molar refractivity (Wildman–Crippen MR) is 139 cm³/mol. The monoisotopic (exact) mass is 461 g/mol. The molecule has 0 spiro atoms. The third-order valence-corrected chi connectivity index (χ3v) is 5.75. The molecule has 3 aromatic carbocycles. The van der Waals surface area contributed by atoms with Crippen LogP contribution >= 0.6 is 0 Å². The highest BCUT2D eigenvalue weighted by molar-refractivity contribution is 5.99. The van der Waals surface area contributed by atoms with Crippen molar-refractivity contribution >= 4 is 28.4 Å². The van der Waals surface area contributed by atoms with Crippen molar-refractivity contribution < 1.29 is 4.79 Å². The summed E-state index contributed by atoms with van der Waals surface area (Å²) in [7, 11) is 0. The number of hydrogen-bond acceptors (Lipinski definition) is 4. The Bertz CT molecular complexity index is 1560. The van der Waals surface area contributed by atoms with Gasteiger partial charge in [-0.1, -0.05) is 54.6 Å². The summed E-state index contributed by atoms with van der Waals surface area (Å²) in [6, 6.07) is 26.2. The van der Waals surface area contributed by atoms with Gasteiger partial charge in [0.25, 0.3) is 5.56 Å². The largest absolute Gasteiger partial charge is 0.324 e. The average molecular weight is 462 g/mol. The fourth-order valence-electron chi connectivity index (χ4n) is 3.85. The second-order valence-electron chi connectivity index (χ2n) is 8.22. The van der Waals surface area contributed by atoms with Crippen LogP contribution in [0.25, 0.3) is 22.0 Å². The molecule has 0 atom stereocenters. The molecule has 0 unspecified atom stereocenters. The topological polar surface area (TPSA) is 88.9 Å². The van der Waals surface area contributed by atoms with Gasteiger partial charge in [0, 0.05) is 17.4 Å². The van der Waals surface area contributed by atoms with E-state index in [0.29, 0.717) is 23.3 Å². The number of urea groups is 1. The summed E-state index contributed by atoms with van der Waals surface area (Å²) in [6.45, 7) is 2.39. The first kappa shape index (κ1) is 22.0. The van der Waals surface area contributed by atoms with Crippen LogP contribution in [-0.2, 0) is 6.54 Å². The van der Waals surface area contributed by atoms with E-state index in [1.54, 1.807) is 23.2 Å². The van der Waals surface area contributed by atoms with Gasteiger partial charge in [-0.2, -0.15) is 0 Å². The molecule has 0 radical (unpaired) electrons. The van der Waals surface area contributed by atoms with Crippen LogP contribution in [0.15, 0.2) is 102 Å². The van der Waals surface area contributed by atoms with Gasteiger partial charge in [-0.15, -0.1) is 0 Å². The first-order valence-corrected chi connectivity index (χ1v) is 11.2. The Morgan fingerprint density at radius 2 is 1.63 bits per heavy atom. The normalized spacial score (nSPS) is 10.8. The van der Waals surface area contributed by atoms with Gasteiger partial charge in [0.2, 0.25) is 0 Å². The van der Waals surface area contributed by atoms with Crippen LogP contribution in [0.4, 0.5) is 16.3 Å². The zero-order valence-electron chi connectivity index (χ0n) is 19.1. The molecule has 5 rings (SSSR count). The standard InChI is InChI=1S/C28H23N5O2/c1-19-7-5-6-10-24(19)31-28(35)32-26-14-12-22(16-29-26)21-11-13-25-23(15-21)27(34)33(18-30-25)17-20-8-3-2-4-9-20/h2-16,18H,17H2,1H3,(H2,29,31,32,35). The number of anilines is 2. The van der Waals surface area contributed by atoms with Gasteiger partial charge in [0.1, 0.15) is 5.82 Å². The fourth-order valence-corrected chi connectivity index (χ4v) is 3.85. The van der Waals surface area contributed by atoms with Crippen LogP contribution in [0, 0.1) is 6.92 Å². The van der Waals surface area contributed by atoms with Crippen molar-refractivity contribution in [3.8, 4) is 11.1 Å². The lowest BCUT2D eigenvalue weighted by atomic mass is 10.1. The fraction of sp³-hybridized carbons (Fsp3) is 0.0714. The number of hydrogen-bond donors (Lipinski definition) is 2. The first-order chi connectivity index (χ1) is 17.1. The molecule has 0 saturated carbocycles. The van der Waals surface area contributed by atoms with E-state index in [0.717, 1.165) is 27.9 Å². The highest BCUT2D eigenvalue weighted by Crippen LogP contribution is 2.23. The van der Waals surface area contributed by atoms with Crippen LogP contribution in [0.5, 0.6) is 0 Å². The molecule has 0 aliphatic rings. The number of aromatic nitrogens is 3. The van der Waals surface area contributed by atoms with Crippen molar-refractivity contribution in [3.63, 3.8) is 0 Å². The Morgan fingerprint density at radius 3 is 2.40 bits per heavy atom. The number of pyridine rings is 1. The lowest BCUT2D eigenvalue weighted by molar-refractivity contribution is 0.262. The molecule has 2 N–H and O–H groups in total. The minimum atomic E-state index is -0.365. The Balaban J connectivity index is 1.35. The maximum atomic E-state index is 13.1. The van der Waals surface area contributed by atoms with E-state index in [1.165, 1.54) is 0 Å². The van der Waals surface area contributed by atoms with E-state index < -0.39 is 0 Å². The number of fused-ring (bicyclic) bond motifs is 1. The van der Waals surface area contributed by atoms with E-state index in [1.807, 2.05) is 85.8 Å². The van der Waals surface area contributed by atoms with E-state index >= 15 is 0 Å². The summed E-state index contributed by atoms with van der Waals surface area (Å²) in [6.07, 6.45) is 3.25. The second kappa shape index (κ2) is 9.61. The van der Waals surface area contributed by atoms with Crippen LogP contribution < -0.4 is 16.2 Å². The molecule has 0 saturated heterocycles. The Hall–Kier alpha value is -4.78. The van der Waals surface area contributed by atoms with Gasteiger partial charge < -0.3 is 5.32 Å². The van der Waals surface area contributed by atoms with Crippen LogP contribution in [0.1, 0.15) is 11.1 Å². The number of carbonyl (C=O) groups is 1. The van der Waals surface area contributed by atoms with Gasteiger partial charge in [0.05, 0.1) is 23.8 Å². The smallest absolute Gasteiger partial charge is 0.307 e. The lowest BCUT2D eigenvalue weighted by Crippen LogP contribution is -2.21. The molecule has 0 aliphatic heterocycles. The summed E-state index contributed by atoms with van der Waals surface area (Å²) in [5.41, 5.74) is 4.96. The molecule has 2 heterocycles. The van der Waals surface area contributed by atoms with Crippen LogP contribution in [-0.4, -0.2) is 20.6 Å². The summed E-state index contributed by atoms with van der Waals surface area (Å²) in [5.74, 6) is 0.424. The Kier molecular flexibility index (Phi) is 6.05. The highest BCUT2D eigenvalue weighted by Gasteiger charge is 2.09. The van der Waals surface area contributed by atoms with E-state index in [4.69, 9.17) is 0 Å². The Morgan fingerprint density at radius 1 is 0.857 bits per heavy atom. The quantitative estimate of drug-likeness (QED) is 0.364. The van der Waals surface area contributed by atoms with Gasteiger partial charge in [-0.3, -0.25) is 14.7 Å². The van der Waals surface area contributed by atoms with Crippen molar-refractivity contribution in [1.29, 1.82) is 0 Å². The van der Waals surface area contributed by atoms with E-state index in [9.17, 15) is 9.59 Å². The molecule has 0 fully saturated rings.